The summed E-state index contributed by atoms with van der Waals surface area (Å²) in [6.45, 7) is 1.34. The number of carbonyl (C=O) groups excluding carboxylic acids is 1. The van der Waals surface area contributed by atoms with E-state index >= 15 is 0 Å². The number of rotatable bonds is 3. The Bertz CT molecular complexity index is 793. The Kier molecular flexibility index (Phi) is 4.19. The van der Waals surface area contributed by atoms with Crippen molar-refractivity contribution >= 4 is 11.7 Å². The highest BCUT2D eigenvalue weighted by molar-refractivity contribution is 5.89. The predicted molar refractivity (Wildman–Crippen MR) is 92.9 cm³/mol. The monoisotopic (exact) mass is 340 g/mol. The van der Waals surface area contributed by atoms with E-state index in [1.54, 1.807) is 30.1 Å². The number of fused-ring (bicyclic) bond motifs is 2. The van der Waals surface area contributed by atoms with E-state index in [2.05, 4.69) is 17.4 Å². The maximum Gasteiger partial charge on any atom is 0.321 e. The van der Waals surface area contributed by atoms with Gasteiger partial charge in [0.05, 0.1) is 12.7 Å². The predicted octanol–water partition coefficient (Wildman–Crippen LogP) is 3.02. The van der Waals surface area contributed by atoms with Gasteiger partial charge >= 0.3 is 6.03 Å². The van der Waals surface area contributed by atoms with Crippen molar-refractivity contribution < 1.29 is 19.0 Å². The number of urea groups is 1. The Morgan fingerprint density at radius 2 is 1.96 bits per heavy atom. The summed E-state index contributed by atoms with van der Waals surface area (Å²) < 4.78 is 16.5. The second-order valence-electron chi connectivity index (χ2n) is 6.28. The second-order valence-corrected chi connectivity index (χ2v) is 6.28. The van der Waals surface area contributed by atoms with Gasteiger partial charge < -0.3 is 24.4 Å². The highest BCUT2D eigenvalue weighted by atomic mass is 16.7. The minimum atomic E-state index is -0.179. The first kappa shape index (κ1) is 15.8. The summed E-state index contributed by atoms with van der Waals surface area (Å²) in [6.07, 6.45) is 0.820. The molecule has 25 heavy (non-hydrogen) atoms. The van der Waals surface area contributed by atoms with Crippen LogP contribution in [0.15, 0.2) is 42.5 Å². The number of anilines is 1. The van der Waals surface area contributed by atoms with Crippen molar-refractivity contribution in [1.29, 1.82) is 0 Å². The van der Waals surface area contributed by atoms with Gasteiger partial charge in [-0.1, -0.05) is 24.3 Å². The molecule has 0 fully saturated rings. The third-order valence-corrected chi connectivity index (χ3v) is 4.49. The summed E-state index contributed by atoms with van der Waals surface area (Å²) in [5, 5.41) is 2.88. The van der Waals surface area contributed by atoms with E-state index in [0.717, 1.165) is 6.42 Å². The quantitative estimate of drug-likeness (QED) is 0.933. The summed E-state index contributed by atoms with van der Waals surface area (Å²) in [5.74, 6) is 1.34. The molecule has 2 aromatic rings. The summed E-state index contributed by atoms with van der Waals surface area (Å²) >= 11 is 0. The lowest BCUT2D eigenvalue weighted by Crippen LogP contribution is -2.40. The normalized spacial score (nSPS) is 17.7. The SMILES string of the molecule is CN(CC1Cc2ccccc2CO1)C(=O)Nc1ccc2c(c1)OCO2. The molecule has 6 heteroatoms. The van der Waals surface area contributed by atoms with Crippen LogP contribution in [0.4, 0.5) is 10.5 Å². The Hall–Kier alpha value is -2.73. The van der Waals surface area contributed by atoms with Crippen LogP contribution in [-0.2, 0) is 17.8 Å². The van der Waals surface area contributed by atoms with E-state index in [9.17, 15) is 4.79 Å². The van der Waals surface area contributed by atoms with Crippen molar-refractivity contribution in [3.63, 3.8) is 0 Å². The minimum absolute atomic E-state index is 0.00223. The first-order valence-corrected chi connectivity index (χ1v) is 8.29. The molecule has 0 aliphatic carbocycles. The van der Waals surface area contributed by atoms with Crippen LogP contribution in [0, 0.1) is 0 Å². The van der Waals surface area contributed by atoms with Gasteiger partial charge in [0.25, 0.3) is 0 Å². The Labute approximate surface area is 146 Å². The number of hydrogen-bond donors (Lipinski definition) is 1. The molecule has 0 aromatic heterocycles. The molecule has 2 aliphatic rings. The van der Waals surface area contributed by atoms with E-state index in [-0.39, 0.29) is 18.9 Å². The first-order valence-electron chi connectivity index (χ1n) is 8.29. The van der Waals surface area contributed by atoms with Crippen LogP contribution in [0.2, 0.25) is 0 Å². The number of ether oxygens (including phenoxy) is 3. The summed E-state index contributed by atoms with van der Waals surface area (Å²) in [4.78, 5) is 14.1. The van der Waals surface area contributed by atoms with Crippen molar-refractivity contribution in [2.75, 3.05) is 25.7 Å². The van der Waals surface area contributed by atoms with Crippen LogP contribution in [0.3, 0.4) is 0 Å². The van der Waals surface area contributed by atoms with Gasteiger partial charge in [-0.05, 0) is 23.3 Å². The number of carbonyl (C=O) groups is 1. The molecule has 0 spiro atoms. The van der Waals surface area contributed by atoms with Gasteiger partial charge in [0.1, 0.15) is 0 Å². The smallest absolute Gasteiger partial charge is 0.321 e. The molecule has 1 N–H and O–H groups in total. The molecule has 4 rings (SSSR count). The molecule has 6 nitrogen and oxygen atoms in total. The van der Waals surface area contributed by atoms with E-state index < -0.39 is 0 Å². The maximum absolute atomic E-state index is 12.4. The largest absolute Gasteiger partial charge is 0.454 e. The lowest BCUT2D eigenvalue weighted by atomic mass is 9.99. The molecule has 2 amide bonds. The fourth-order valence-corrected chi connectivity index (χ4v) is 3.11. The zero-order valence-electron chi connectivity index (χ0n) is 14.0. The molecule has 2 heterocycles. The number of nitrogens with zero attached hydrogens (tertiary/aromatic N) is 1. The van der Waals surface area contributed by atoms with E-state index in [0.29, 0.717) is 30.3 Å². The molecule has 1 atom stereocenters. The molecule has 0 bridgehead atoms. The van der Waals surface area contributed by atoms with Crippen molar-refractivity contribution in [3.05, 3.63) is 53.6 Å². The summed E-state index contributed by atoms with van der Waals surface area (Å²) in [5.41, 5.74) is 3.20. The fourth-order valence-electron chi connectivity index (χ4n) is 3.11. The standard InChI is InChI=1S/C19H20N2O4/c1-21(10-16-8-13-4-2-3-5-14(13)11-23-16)19(22)20-15-6-7-17-18(9-15)25-12-24-17/h2-7,9,16H,8,10-12H2,1H3,(H,20,22). The topological polar surface area (TPSA) is 60.0 Å². The van der Waals surface area contributed by atoms with Crippen LogP contribution in [0.1, 0.15) is 11.1 Å². The first-order chi connectivity index (χ1) is 12.2. The van der Waals surface area contributed by atoms with Crippen LogP contribution < -0.4 is 14.8 Å². The Balaban J connectivity index is 1.35. The molecular weight excluding hydrogens is 320 g/mol. The zero-order valence-corrected chi connectivity index (χ0v) is 14.0. The van der Waals surface area contributed by atoms with Crippen LogP contribution in [0.25, 0.3) is 0 Å². The van der Waals surface area contributed by atoms with Gasteiger partial charge in [0.2, 0.25) is 6.79 Å². The third kappa shape index (κ3) is 3.39. The average Bonchev–Trinajstić information content (AvgIpc) is 3.09. The lowest BCUT2D eigenvalue weighted by molar-refractivity contribution is 0.0159. The molecule has 2 aromatic carbocycles. The van der Waals surface area contributed by atoms with Gasteiger partial charge in [-0.15, -0.1) is 0 Å². The second kappa shape index (κ2) is 6.64. The van der Waals surface area contributed by atoms with Gasteiger partial charge in [-0.2, -0.15) is 0 Å². The average molecular weight is 340 g/mol. The molecule has 0 radical (unpaired) electrons. The van der Waals surface area contributed by atoms with Crippen molar-refractivity contribution in [3.8, 4) is 11.5 Å². The third-order valence-electron chi connectivity index (χ3n) is 4.49. The number of likely N-dealkylation sites (N-methyl/N-ethyl adjacent to an activating group) is 1. The molecule has 130 valence electrons. The number of nitrogens with one attached hydrogen (secondary N) is 1. The summed E-state index contributed by atoms with van der Waals surface area (Å²) in [7, 11) is 1.77. The van der Waals surface area contributed by atoms with Crippen molar-refractivity contribution in [2.45, 2.75) is 19.1 Å². The molecular formula is C19H20N2O4. The van der Waals surface area contributed by atoms with Crippen LogP contribution in [-0.4, -0.2) is 37.4 Å². The molecule has 2 aliphatic heterocycles. The highest BCUT2D eigenvalue weighted by Crippen LogP contribution is 2.34. The number of amides is 2. The minimum Gasteiger partial charge on any atom is -0.454 e. The molecule has 1 unspecified atom stereocenters. The summed E-state index contributed by atoms with van der Waals surface area (Å²) in [6, 6.07) is 13.4. The molecule has 0 saturated carbocycles. The van der Waals surface area contributed by atoms with Gasteiger partial charge in [-0.3, -0.25) is 0 Å². The van der Waals surface area contributed by atoms with Crippen molar-refractivity contribution in [1.82, 2.24) is 4.90 Å². The van der Waals surface area contributed by atoms with Crippen molar-refractivity contribution in [2.24, 2.45) is 0 Å². The van der Waals surface area contributed by atoms with Crippen LogP contribution in [0.5, 0.6) is 11.5 Å². The zero-order chi connectivity index (χ0) is 17.2. The highest BCUT2D eigenvalue weighted by Gasteiger charge is 2.22. The molecule has 0 saturated heterocycles. The fraction of sp³-hybridized carbons (Fsp3) is 0.316. The maximum atomic E-state index is 12.4. The van der Waals surface area contributed by atoms with E-state index in [1.165, 1.54) is 11.1 Å². The lowest BCUT2D eigenvalue weighted by Gasteiger charge is -2.29. The van der Waals surface area contributed by atoms with E-state index in [4.69, 9.17) is 14.2 Å². The Morgan fingerprint density at radius 3 is 2.84 bits per heavy atom. The van der Waals surface area contributed by atoms with Crippen LogP contribution >= 0.6 is 0 Å². The van der Waals surface area contributed by atoms with E-state index in [1.807, 2.05) is 12.1 Å². The van der Waals surface area contributed by atoms with Gasteiger partial charge in [0, 0.05) is 31.8 Å². The number of benzene rings is 2. The Morgan fingerprint density at radius 1 is 1.16 bits per heavy atom. The number of hydrogen-bond acceptors (Lipinski definition) is 4. The van der Waals surface area contributed by atoms with Gasteiger partial charge in [-0.25, -0.2) is 4.79 Å². The van der Waals surface area contributed by atoms with Gasteiger partial charge in [0.15, 0.2) is 11.5 Å².